The van der Waals surface area contributed by atoms with Crippen molar-refractivity contribution in [3.05, 3.63) is 65.7 Å². The predicted octanol–water partition coefficient (Wildman–Crippen LogP) is 4.86. The zero-order valence-electron chi connectivity index (χ0n) is 16.1. The average molecular weight is 423 g/mol. The highest BCUT2D eigenvalue weighted by Gasteiger charge is 2.40. The van der Waals surface area contributed by atoms with Gasteiger partial charge in [0.2, 0.25) is 0 Å². The van der Waals surface area contributed by atoms with E-state index in [0.29, 0.717) is 0 Å². The van der Waals surface area contributed by atoms with Gasteiger partial charge in [-0.05, 0) is 49.4 Å². The molecule has 2 aliphatic rings. The molecule has 0 N–H and O–H groups in total. The molecule has 0 aromatic heterocycles. The molecule has 0 amide bonds. The van der Waals surface area contributed by atoms with Crippen molar-refractivity contribution >= 4 is 11.0 Å². The largest absolute Gasteiger partial charge is 0.416 e. The number of nitrogens with zero attached hydrogens (tertiary/aromatic N) is 2. The summed E-state index contributed by atoms with van der Waals surface area (Å²) in [4.78, 5) is 2.64. The van der Waals surface area contributed by atoms with Crippen molar-refractivity contribution in [2.24, 2.45) is 0 Å². The van der Waals surface area contributed by atoms with Crippen molar-refractivity contribution in [1.82, 2.24) is 9.21 Å². The predicted molar refractivity (Wildman–Crippen MR) is 107 cm³/mol. The Morgan fingerprint density at radius 3 is 2.21 bits per heavy atom. The van der Waals surface area contributed by atoms with Crippen LogP contribution in [-0.4, -0.2) is 38.6 Å². The van der Waals surface area contributed by atoms with Crippen LogP contribution in [0.3, 0.4) is 0 Å². The number of benzene rings is 2. The average Bonchev–Trinajstić information content (AvgIpc) is 3.55. The molecule has 4 rings (SSSR count). The van der Waals surface area contributed by atoms with Crippen LogP contribution in [-0.2, 0) is 23.7 Å². The van der Waals surface area contributed by atoms with Gasteiger partial charge < -0.3 is 0 Å². The number of hydrogen-bond donors (Lipinski definition) is 0. The minimum absolute atomic E-state index is 0.143. The second-order valence-electron chi connectivity index (χ2n) is 7.86. The number of halogens is 3. The Labute approximate surface area is 172 Å². The number of piperidine rings is 1. The lowest BCUT2D eigenvalue weighted by Crippen LogP contribution is -2.46. The van der Waals surface area contributed by atoms with Gasteiger partial charge in [0.15, 0.2) is 0 Å². The molecule has 29 heavy (non-hydrogen) atoms. The van der Waals surface area contributed by atoms with E-state index in [9.17, 15) is 17.4 Å². The van der Waals surface area contributed by atoms with Crippen molar-refractivity contribution < 1.29 is 17.4 Å². The van der Waals surface area contributed by atoms with Crippen molar-refractivity contribution in [2.75, 3.05) is 13.1 Å². The van der Waals surface area contributed by atoms with Crippen LogP contribution in [0.1, 0.15) is 36.8 Å². The van der Waals surface area contributed by atoms with Gasteiger partial charge in [-0.2, -0.15) is 13.2 Å². The number of hydrogen-bond acceptors (Lipinski definition) is 2. The molecular formula is C22H25F3N2OS. The summed E-state index contributed by atoms with van der Waals surface area (Å²) < 4.78 is 54.4. The fraction of sp³-hybridized carbons (Fsp3) is 0.455. The van der Waals surface area contributed by atoms with E-state index in [1.807, 2.05) is 22.5 Å². The lowest BCUT2D eigenvalue weighted by atomic mass is 10.0. The number of rotatable bonds is 6. The Bertz CT molecular complexity index is 847. The molecule has 1 aliphatic carbocycles. The summed E-state index contributed by atoms with van der Waals surface area (Å²) in [6.45, 7) is 2.71. The maximum absolute atomic E-state index is 13.2. The maximum atomic E-state index is 13.2. The molecule has 0 bridgehead atoms. The maximum Gasteiger partial charge on any atom is 0.416 e. The number of alkyl halides is 3. The lowest BCUT2D eigenvalue weighted by Gasteiger charge is -2.38. The van der Waals surface area contributed by atoms with Gasteiger partial charge >= 0.3 is 6.18 Å². The molecule has 0 spiro atoms. The van der Waals surface area contributed by atoms with E-state index < -0.39 is 22.7 Å². The van der Waals surface area contributed by atoms with E-state index >= 15 is 0 Å². The Morgan fingerprint density at radius 2 is 1.59 bits per heavy atom. The lowest BCUT2D eigenvalue weighted by molar-refractivity contribution is -0.137. The van der Waals surface area contributed by atoms with E-state index in [1.165, 1.54) is 11.6 Å². The quantitative estimate of drug-likeness (QED) is 0.664. The molecule has 0 radical (unpaired) electrons. The standard InChI is InChI=1S/C22H25F3N2OS/c23-22(24,25)18-7-4-8-21(15-18)29(28)27(19-9-10-19)20-11-13-26(14-12-20)16-17-5-2-1-3-6-17/h1-8,15,19-20H,9-14,16H2. The summed E-state index contributed by atoms with van der Waals surface area (Å²) in [6.07, 6.45) is -0.723. The Morgan fingerprint density at radius 1 is 0.931 bits per heavy atom. The first kappa shape index (κ1) is 20.6. The van der Waals surface area contributed by atoms with Gasteiger partial charge in [-0.3, -0.25) is 4.90 Å². The summed E-state index contributed by atoms with van der Waals surface area (Å²) in [5, 5.41) is 0. The van der Waals surface area contributed by atoms with Crippen LogP contribution in [0, 0.1) is 0 Å². The monoisotopic (exact) mass is 422 g/mol. The van der Waals surface area contributed by atoms with Gasteiger partial charge in [-0.15, -0.1) is 0 Å². The smallest absolute Gasteiger partial charge is 0.299 e. The molecule has 3 nitrogen and oxygen atoms in total. The molecule has 156 valence electrons. The molecule has 1 unspecified atom stereocenters. The summed E-state index contributed by atoms with van der Waals surface area (Å²) in [5.41, 5.74) is 0.536. The third-order valence-electron chi connectivity index (χ3n) is 5.63. The zero-order chi connectivity index (χ0) is 20.4. The Kier molecular flexibility index (Phi) is 6.08. The van der Waals surface area contributed by atoms with Gasteiger partial charge in [0.05, 0.1) is 10.5 Å². The second-order valence-corrected chi connectivity index (χ2v) is 9.25. The Hall–Kier alpha value is -1.70. The normalized spacial score (nSPS) is 20.1. The van der Waals surface area contributed by atoms with Gasteiger partial charge in [-0.1, -0.05) is 36.4 Å². The summed E-state index contributed by atoms with van der Waals surface area (Å²) in [7, 11) is -1.57. The summed E-state index contributed by atoms with van der Waals surface area (Å²) in [5.74, 6) is 0. The molecule has 1 atom stereocenters. The first-order chi connectivity index (χ1) is 13.9. The first-order valence-corrected chi connectivity index (χ1v) is 11.2. The molecular weight excluding hydrogens is 397 g/mol. The van der Waals surface area contributed by atoms with Crippen LogP contribution in [0.15, 0.2) is 59.5 Å². The number of likely N-dealkylation sites (tertiary alicyclic amines) is 1. The third kappa shape index (κ3) is 5.08. The van der Waals surface area contributed by atoms with Crippen molar-refractivity contribution in [3.63, 3.8) is 0 Å². The van der Waals surface area contributed by atoms with E-state index in [-0.39, 0.29) is 17.0 Å². The van der Waals surface area contributed by atoms with Crippen LogP contribution >= 0.6 is 0 Å². The van der Waals surface area contributed by atoms with E-state index in [2.05, 4.69) is 17.0 Å². The highest BCUT2D eigenvalue weighted by molar-refractivity contribution is 7.82. The van der Waals surface area contributed by atoms with E-state index in [4.69, 9.17) is 0 Å². The highest BCUT2D eigenvalue weighted by atomic mass is 32.2. The molecule has 2 aromatic carbocycles. The third-order valence-corrected chi connectivity index (χ3v) is 7.26. The van der Waals surface area contributed by atoms with Gasteiger partial charge in [0, 0.05) is 31.7 Å². The van der Waals surface area contributed by atoms with Crippen LogP contribution in [0.4, 0.5) is 13.2 Å². The topological polar surface area (TPSA) is 23.6 Å². The molecule has 1 aliphatic heterocycles. The van der Waals surface area contributed by atoms with Crippen LogP contribution in [0.25, 0.3) is 0 Å². The van der Waals surface area contributed by atoms with Gasteiger partial charge in [0.1, 0.15) is 11.0 Å². The summed E-state index contributed by atoms with van der Waals surface area (Å²) >= 11 is 0. The molecule has 7 heteroatoms. The van der Waals surface area contributed by atoms with Crippen molar-refractivity contribution in [2.45, 2.75) is 55.4 Å². The molecule has 1 saturated heterocycles. The van der Waals surface area contributed by atoms with Crippen LogP contribution in [0.2, 0.25) is 0 Å². The Balaban J connectivity index is 1.43. The summed E-state index contributed by atoms with van der Waals surface area (Å²) in [6, 6.07) is 15.6. The van der Waals surface area contributed by atoms with Crippen molar-refractivity contribution in [1.29, 1.82) is 0 Å². The zero-order valence-corrected chi connectivity index (χ0v) is 17.0. The van der Waals surface area contributed by atoms with E-state index in [1.54, 1.807) is 6.07 Å². The second kappa shape index (κ2) is 8.58. The minimum Gasteiger partial charge on any atom is -0.299 e. The first-order valence-electron chi connectivity index (χ1n) is 10.1. The highest BCUT2D eigenvalue weighted by Crippen LogP contribution is 2.36. The van der Waals surface area contributed by atoms with Crippen LogP contribution in [0.5, 0.6) is 0 Å². The molecule has 2 aromatic rings. The molecule has 1 heterocycles. The SMILES string of the molecule is O=S(c1cccc(C(F)(F)F)c1)N(C1CC1)C1CCN(Cc2ccccc2)CC1. The molecule has 2 fully saturated rings. The van der Waals surface area contributed by atoms with Gasteiger partial charge in [0.25, 0.3) is 0 Å². The van der Waals surface area contributed by atoms with Crippen molar-refractivity contribution in [3.8, 4) is 0 Å². The van der Waals surface area contributed by atoms with E-state index in [0.717, 1.165) is 57.5 Å². The van der Waals surface area contributed by atoms with Crippen LogP contribution < -0.4 is 0 Å². The van der Waals surface area contributed by atoms with Gasteiger partial charge in [-0.25, -0.2) is 8.51 Å². The fourth-order valence-corrected chi connectivity index (χ4v) is 5.60. The molecule has 1 saturated carbocycles. The minimum atomic E-state index is -4.42. The fourth-order valence-electron chi connectivity index (χ4n) is 3.97.